The summed E-state index contributed by atoms with van der Waals surface area (Å²) in [6.07, 6.45) is -11.8. The molecule has 0 aliphatic carbocycles. The second kappa shape index (κ2) is 12.8. The monoisotopic (exact) mass is 597 g/mol. The predicted octanol–water partition coefficient (Wildman–Crippen LogP) is 7.45. The van der Waals surface area contributed by atoms with Crippen LogP contribution in [-0.2, 0) is 23.5 Å². The first-order valence-electron chi connectivity index (χ1n) is 13.1. The Hall–Kier alpha value is -3.41. The van der Waals surface area contributed by atoms with Crippen LogP contribution in [0.4, 0.5) is 26.3 Å². The number of halogens is 6. The number of hydrogen-bond donors (Lipinski definition) is 3. The van der Waals surface area contributed by atoms with Gasteiger partial charge in [0.2, 0.25) is 0 Å². The summed E-state index contributed by atoms with van der Waals surface area (Å²) in [5.74, 6) is -1.09. The topological polar surface area (TPSA) is 78.8 Å². The highest BCUT2D eigenvalue weighted by Crippen LogP contribution is 2.37. The maximum Gasteiger partial charge on any atom is 0.416 e. The lowest BCUT2D eigenvalue weighted by molar-refractivity contribution is -0.143. The van der Waals surface area contributed by atoms with Gasteiger partial charge in [0.05, 0.1) is 35.5 Å². The number of rotatable bonds is 11. The van der Waals surface area contributed by atoms with Gasteiger partial charge in [-0.1, -0.05) is 36.4 Å². The first-order chi connectivity index (χ1) is 19.4. The normalized spacial score (nSPS) is 14.1. The molecule has 3 rings (SSSR count). The van der Waals surface area contributed by atoms with Crippen LogP contribution in [0.1, 0.15) is 65.1 Å². The molecule has 0 spiro atoms. The number of β-amino-alcohol motifs (C(OH)–C–C–N with tert-alkyl or cyclic N) is 1. The molecule has 3 aromatic rings. The van der Waals surface area contributed by atoms with Crippen LogP contribution >= 0.6 is 0 Å². The van der Waals surface area contributed by atoms with E-state index in [0.717, 1.165) is 11.1 Å². The van der Waals surface area contributed by atoms with Crippen LogP contribution in [0.5, 0.6) is 0 Å². The quantitative estimate of drug-likeness (QED) is 0.200. The Labute approximate surface area is 240 Å². The van der Waals surface area contributed by atoms with Gasteiger partial charge in [0, 0.05) is 12.1 Å². The Morgan fingerprint density at radius 2 is 1.50 bits per heavy atom. The van der Waals surface area contributed by atoms with Crippen LogP contribution in [0.2, 0.25) is 0 Å². The van der Waals surface area contributed by atoms with Gasteiger partial charge in [-0.3, -0.25) is 0 Å². The molecular weight excluding hydrogens is 564 g/mol. The van der Waals surface area contributed by atoms with Crippen molar-refractivity contribution in [3.63, 3.8) is 0 Å². The average molecular weight is 598 g/mol. The molecule has 0 bridgehead atoms. The van der Waals surface area contributed by atoms with Gasteiger partial charge in [-0.25, -0.2) is 4.79 Å². The van der Waals surface area contributed by atoms with Crippen LogP contribution in [0.15, 0.2) is 60.7 Å². The fraction of sp³-hybridized carbons (Fsp3) is 0.387. The number of aliphatic hydroxyl groups excluding tert-OH is 1. The molecule has 0 aromatic heterocycles. The first kappa shape index (κ1) is 33.1. The fourth-order valence-corrected chi connectivity index (χ4v) is 4.84. The van der Waals surface area contributed by atoms with Crippen molar-refractivity contribution in [1.29, 1.82) is 0 Å². The molecule has 228 valence electrons. The van der Waals surface area contributed by atoms with Crippen LogP contribution in [-0.4, -0.2) is 41.0 Å². The summed E-state index contributed by atoms with van der Waals surface area (Å²) in [7, 11) is 0. The van der Waals surface area contributed by atoms with Gasteiger partial charge in [0.1, 0.15) is 0 Å². The molecule has 0 aliphatic rings. The number of alkyl halides is 6. The highest BCUT2D eigenvalue weighted by molar-refractivity contribution is 5.91. The molecule has 0 amide bonds. The van der Waals surface area contributed by atoms with E-state index >= 15 is 0 Å². The van der Waals surface area contributed by atoms with Crippen molar-refractivity contribution in [3.8, 4) is 11.1 Å². The van der Waals surface area contributed by atoms with Gasteiger partial charge in [-0.05, 0) is 86.2 Å². The lowest BCUT2D eigenvalue weighted by Gasteiger charge is -2.29. The van der Waals surface area contributed by atoms with E-state index in [9.17, 15) is 41.4 Å². The van der Waals surface area contributed by atoms with Crippen LogP contribution in [0.25, 0.3) is 11.1 Å². The number of benzene rings is 3. The first-order valence-corrected chi connectivity index (χ1v) is 13.1. The number of nitrogens with one attached hydrogen (secondary N) is 1. The Morgan fingerprint density at radius 3 is 2.02 bits per heavy atom. The molecule has 42 heavy (non-hydrogen) atoms. The van der Waals surface area contributed by atoms with Gasteiger partial charge in [-0.15, -0.1) is 0 Å². The zero-order chi connectivity index (χ0) is 31.5. The minimum absolute atomic E-state index is 0.0650. The van der Waals surface area contributed by atoms with Crippen molar-refractivity contribution in [1.82, 2.24) is 5.32 Å². The molecule has 2 atom stereocenters. The summed E-state index contributed by atoms with van der Waals surface area (Å²) in [6, 6.07) is 14.0. The summed E-state index contributed by atoms with van der Waals surface area (Å²) >= 11 is 0. The molecule has 3 N–H and O–H groups in total. The van der Waals surface area contributed by atoms with Gasteiger partial charge in [0.15, 0.2) is 0 Å². The van der Waals surface area contributed by atoms with Crippen LogP contribution in [0, 0.1) is 6.92 Å². The van der Waals surface area contributed by atoms with E-state index in [1.165, 1.54) is 6.07 Å². The van der Waals surface area contributed by atoms with E-state index in [1.54, 1.807) is 33.8 Å². The van der Waals surface area contributed by atoms with Gasteiger partial charge < -0.3 is 20.3 Å². The Bertz CT molecular complexity index is 1350. The largest absolute Gasteiger partial charge is 0.478 e. The molecule has 11 heteroatoms. The molecule has 0 aliphatic heterocycles. The van der Waals surface area contributed by atoms with E-state index < -0.39 is 47.2 Å². The van der Waals surface area contributed by atoms with Crippen molar-refractivity contribution in [3.05, 3.63) is 94.0 Å². The zero-order valence-electron chi connectivity index (χ0n) is 23.5. The van der Waals surface area contributed by atoms with Gasteiger partial charge in [-0.2, -0.15) is 26.3 Å². The van der Waals surface area contributed by atoms with Crippen molar-refractivity contribution in [2.75, 3.05) is 13.2 Å². The molecule has 0 heterocycles. The number of carboxylic acid groups (broad SMARTS) is 1. The van der Waals surface area contributed by atoms with Crippen LogP contribution in [0.3, 0.4) is 0 Å². The second-order valence-corrected chi connectivity index (χ2v) is 10.9. The van der Waals surface area contributed by atoms with E-state index in [1.807, 2.05) is 30.3 Å². The summed E-state index contributed by atoms with van der Waals surface area (Å²) in [6.45, 7) is 6.38. The SMILES string of the molecule is Cc1c(C(=O)O)ccc(-c2ccccc2)c1C(C)OC[C@H](O)CNC(C)(C)Cc1cc(C(F)(F)F)cc(C(F)(F)F)c1. The molecule has 1 unspecified atom stereocenters. The minimum atomic E-state index is -4.94. The maximum absolute atomic E-state index is 13.2. The Kier molecular flexibility index (Phi) is 10.1. The molecule has 0 radical (unpaired) electrons. The highest BCUT2D eigenvalue weighted by Gasteiger charge is 2.37. The zero-order valence-corrected chi connectivity index (χ0v) is 23.5. The standard InChI is InChI=1S/C31H33F6NO4/c1-18-25(28(40)41)10-11-26(21-8-6-5-7-9-21)27(18)19(2)42-17-24(39)16-38-29(3,4)15-20-12-22(30(32,33)34)14-23(13-20)31(35,36)37/h5-14,19,24,38-39H,15-17H2,1-4H3,(H,40,41)/t19?,24-/m1/s1. The summed E-state index contributed by atoms with van der Waals surface area (Å²) in [5.41, 5.74) is -0.995. The minimum Gasteiger partial charge on any atom is -0.478 e. The second-order valence-electron chi connectivity index (χ2n) is 10.9. The Morgan fingerprint density at radius 1 is 0.929 bits per heavy atom. The van der Waals surface area contributed by atoms with Crippen LogP contribution < -0.4 is 5.32 Å². The van der Waals surface area contributed by atoms with Crippen molar-refractivity contribution >= 4 is 5.97 Å². The van der Waals surface area contributed by atoms with Gasteiger partial charge >= 0.3 is 18.3 Å². The number of aromatic carboxylic acids is 1. The number of aliphatic hydroxyl groups is 1. The van der Waals surface area contributed by atoms with Crippen molar-refractivity contribution < 1.29 is 46.1 Å². The smallest absolute Gasteiger partial charge is 0.416 e. The summed E-state index contributed by atoms with van der Waals surface area (Å²) < 4.78 is 85.4. The Balaban J connectivity index is 1.70. The van der Waals surface area contributed by atoms with E-state index in [4.69, 9.17) is 4.74 Å². The van der Waals surface area contributed by atoms with Gasteiger partial charge in [0.25, 0.3) is 0 Å². The third kappa shape index (κ3) is 8.56. The van der Waals surface area contributed by atoms with E-state index in [-0.39, 0.29) is 36.8 Å². The number of carboxylic acids is 1. The molecule has 0 saturated heterocycles. The number of carbonyl (C=O) groups is 1. The maximum atomic E-state index is 13.2. The summed E-state index contributed by atoms with van der Waals surface area (Å²) in [5, 5.41) is 23.2. The fourth-order valence-electron chi connectivity index (χ4n) is 4.84. The highest BCUT2D eigenvalue weighted by atomic mass is 19.4. The van der Waals surface area contributed by atoms with Crippen molar-refractivity contribution in [2.45, 2.75) is 64.2 Å². The molecule has 5 nitrogen and oxygen atoms in total. The van der Waals surface area contributed by atoms with E-state index in [2.05, 4.69) is 5.32 Å². The van der Waals surface area contributed by atoms with E-state index in [0.29, 0.717) is 23.3 Å². The predicted molar refractivity (Wildman–Crippen MR) is 146 cm³/mol. The molecule has 3 aromatic carbocycles. The molecule has 0 saturated carbocycles. The number of hydrogen-bond acceptors (Lipinski definition) is 4. The average Bonchev–Trinajstić information content (AvgIpc) is 2.89. The number of ether oxygens (including phenoxy) is 1. The third-order valence-electron chi connectivity index (χ3n) is 6.88. The summed E-state index contributed by atoms with van der Waals surface area (Å²) in [4.78, 5) is 11.8. The third-order valence-corrected chi connectivity index (χ3v) is 6.88. The van der Waals surface area contributed by atoms with Crippen molar-refractivity contribution in [2.24, 2.45) is 0 Å². The molecular formula is C31H33F6NO4. The lowest BCUT2D eigenvalue weighted by Crippen LogP contribution is -2.46. The lowest BCUT2D eigenvalue weighted by atomic mass is 9.90. The molecule has 0 fully saturated rings.